The van der Waals surface area contributed by atoms with Gasteiger partial charge in [-0.05, 0) is 44.4 Å². The van der Waals surface area contributed by atoms with Gasteiger partial charge in [-0.1, -0.05) is 19.1 Å². The van der Waals surface area contributed by atoms with Crippen molar-refractivity contribution in [2.45, 2.75) is 40.7 Å². The van der Waals surface area contributed by atoms with E-state index in [9.17, 15) is 14.4 Å². The molecule has 6 heteroatoms. The van der Waals surface area contributed by atoms with Gasteiger partial charge in [0.15, 0.2) is 11.6 Å². The van der Waals surface area contributed by atoms with Crippen LogP contribution in [-0.2, 0) is 13.0 Å². The van der Waals surface area contributed by atoms with Gasteiger partial charge in [0.05, 0.1) is 29.5 Å². The summed E-state index contributed by atoms with van der Waals surface area (Å²) < 4.78 is 1.31. The van der Waals surface area contributed by atoms with Crippen molar-refractivity contribution in [1.29, 1.82) is 0 Å². The van der Waals surface area contributed by atoms with Crippen LogP contribution < -0.4 is 5.56 Å². The second-order valence-electron chi connectivity index (χ2n) is 6.46. The molecule has 3 aromatic rings. The zero-order chi connectivity index (χ0) is 19.0. The van der Waals surface area contributed by atoms with Crippen molar-refractivity contribution >= 4 is 22.5 Å². The lowest BCUT2D eigenvalue weighted by Crippen LogP contribution is -2.25. The number of hydrogen-bond acceptors (Lipinski definition) is 4. The number of aromatic amines is 1. The second-order valence-corrected chi connectivity index (χ2v) is 6.46. The average molecular weight is 351 g/mol. The molecule has 0 aliphatic rings. The molecule has 0 radical (unpaired) electrons. The molecule has 0 aliphatic heterocycles. The number of fused-ring (bicyclic) bond motifs is 1. The molecule has 1 aromatic carbocycles. The Hall–Kier alpha value is -3.02. The SMILES string of the molecule is CCc1c(C(=O)Cn2cnc3c(C)cccc3c2=O)[nH]c(C)c1C(C)=O. The first-order valence-electron chi connectivity index (χ1n) is 8.55. The van der Waals surface area contributed by atoms with Crippen molar-refractivity contribution < 1.29 is 9.59 Å². The smallest absolute Gasteiger partial charge is 0.261 e. The molecule has 134 valence electrons. The van der Waals surface area contributed by atoms with Gasteiger partial charge in [0.2, 0.25) is 0 Å². The Morgan fingerprint density at radius 3 is 2.62 bits per heavy atom. The van der Waals surface area contributed by atoms with Gasteiger partial charge in [0, 0.05) is 11.3 Å². The molecule has 6 nitrogen and oxygen atoms in total. The quantitative estimate of drug-likeness (QED) is 0.716. The molecule has 26 heavy (non-hydrogen) atoms. The van der Waals surface area contributed by atoms with E-state index in [1.807, 2.05) is 19.9 Å². The number of ketones is 2. The zero-order valence-corrected chi connectivity index (χ0v) is 15.3. The van der Waals surface area contributed by atoms with E-state index < -0.39 is 0 Å². The number of nitrogens with one attached hydrogen (secondary N) is 1. The fourth-order valence-corrected chi connectivity index (χ4v) is 3.43. The van der Waals surface area contributed by atoms with Crippen molar-refractivity contribution in [3.05, 3.63) is 63.0 Å². The molecule has 0 amide bonds. The lowest BCUT2D eigenvalue weighted by molar-refractivity contribution is 0.0965. The van der Waals surface area contributed by atoms with Gasteiger partial charge in [-0.2, -0.15) is 0 Å². The van der Waals surface area contributed by atoms with E-state index in [1.165, 1.54) is 17.8 Å². The van der Waals surface area contributed by atoms with Crippen molar-refractivity contribution in [2.75, 3.05) is 0 Å². The van der Waals surface area contributed by atoms with Crippen molar-refractivity contribution in [3.8, 4) is 0 Å². The summed E-state index contributed by atoms with van der Waals surface area (Å²) in [5.41, 5.74) is 3.65. The minimum absolute atomic E-state index is 0.0744. The largest absolute Gasteiger partial charge is 0.355 e. The zero-order valence-electron chi connectivity index (χ0n) is 15.3. The average Bonchev–Trinajstić information content (AvgIpc) is 2.94. The maximum atomic E-state index is 12.8. The van der Waals surface area contributed by atoms with Crippen LogP contribution in [0.5, 0.6) is 0 Å². The maximum Gasteiger partial charge on any atom is 0.261 e. The molecule has 0 saturated carbocycles. The predicted molar refractivity (Wildman–Crippen MR) is 100.0 cm³/mol. The summed E-state index contributed by atoms with van der Waals surface area (Å²) in [6.45, 7) is 6.93. The molecule has 2 aromatic heterocycles. The van der Waals surface area contributed by atoms with E-state index in [0.29, 0.717) is 39.8 Å². The summed E-state index contributed by atoms with van der Waals surface area (Å²) in [6.07, 6.45) is 1.97. The summed E-state index contributed by atoms with van der Waals surface area (Å²) in [5.74, 6) is -0.317. The van der Waals surface area contributed by atoms with E-state index in [0.717, 1.165) is 5.56 Å². The number of H-pyrrole nitrogens is 1. The van der Waals surface area contributed by atoms with Crippen LogP contribution in [0.2, 0.25) is 0 Å². The van der Waals surface area contributed by atoms with Gasteiger partial charge >= 0.3 is 0 Å². The molecule has 0 fully saturated rings. The van der Waals surface area contributed by atoms with Crippen LogP contribution in [0.15, 0.2) is 29.3 Å². The normalized spacial score (nSPS) is 11.1. The lowest BCUT2D eigenvalue weighted by Gasteiger charge is -2.08. The monoisotopic (exact) mass is 351 g/mol. The van der Waals surface area contributed by atoms with E-state index in [1.54, 1.807) is 19.1 Å². The number of carbonyl (C=O) groups excluding carboxylic acids is 2. The first-order chi connectivity index (χ1) is 12.3. The summed E-state index contributed by atoms with van der Waals surface area (Å²) >= 11 is 0. The molecule has 2 heterocycles. The predicted octanol–water partition coefficient (Wildman–Crippen LogP) is 2.99. The van der Waals surface area contributed by atoms with Crippen molar-refractivity contribution in [2.24, 2.45) is 0 Å². The molecule has 0 bridgehead atoms. The van der Waals surface area contributed by atoms with Crippen LogP contribution >= 0.6 is 0 Å². The number of rotatable bonds is 5. The number of aromatic nitrogens is 3. The van der Waals surface area contributed by atoms with E-state index in [4.69, 9.17) is 0 Å². The van der Waals surface area contributed by atoms with Gasteiger partial charge < -0.3 is 4.98 Å². The Balaban J connectivity index is 2.03. The summed E-state index contributed by atoms with van der Waals surface area (Å²) in [6, 6.07) is 5.40. The van der Waals surface area contributed by atoms with Gasteiger partial charge in [-0.3, -0.25) is 19.0 Å². The van der Waals surface area contributed by atoms with Gasteiger partial charge in [0.1, 0.15) is 0 Å². The van der Waals surface area contributed by atoms with Crippen LogP contribution in [-0.4, -0.2) is 26.1 Å². The highest BCUT2D eigenvalue weighted by Crippen LogP contribution is 2.21. The van der Waals surface area contributed by atoms with Gasteiger partial charge in [0.25, 0.3) is 5.56 Å². The lowest BCUT2D eigenvalue weighted by atomic mass is 10.0. The van der Waals surface area contributed by atoms with E-state index >= 15 is 0 Å². The number of Topliss-reactive ketones (excluding diaryl/α,β-unsaturated/α-hetero) is 2. The highest BCUT2D eigenvalue weighted by Gasteiger charge is 2.22. The number of benzene rings is 1. The van der Waals surface area contributed by atoms with Crippen molar-refractivity contribution in [3.63, 3.8) is 0 Å². The third kappa shape index (κ3) is 2.87. The standard InChI is InChI=1S/C20H21N3O3/c1-5-14-17(13(4)24)12(3)22-19(14)16(25)9-23-10-21-18-11(2)7-6-8-15(18)20(23)26/h6-8,10,22H,5,9H2,1-4H3. The molecule has 0 aliphatic carbocycles. The topological polar surface area (TPSA) is 84.8 Å². The molecule has 1 N–H and O–H groups in total. The molecule has 0 saturated heterocycles. The molecular formula is C20H21N3O3. The maximum absolute atomic E-state index is 12.8. The van der Waals surface area contributed by atoms with Crippen LogP contribution in [0.4, 0.5) is 0 Å². The highest BCUT2D eigenvalue weighted by atomic mass is 16.1. The van der Waals surface area contributed by atoms with Gasteiger partial charge in [-0.25, -0.2) is 4.98 Å². The van der Waals surface area contributed by atoms with E-state index in [-0.39, 0.29) is 23.7 Å². The summed E-state index contributed by atoms with van der Waals surface area (Å²) in [5, 5.41) is 0.489. The Labute approximate surface area is 150 Å². The number of nitrogens with zero attached hydrogens (tertiary/aromatic N) is 2. The minimum Gasteiger partial charge on any atom is -0.355 e. The Morgan fingerprint density at radius 2 is 1.96 bits per heavy atom. The third-order valence-corrected chi connectivity index (χ3v) is 4.64. The molecule has 3 rings (SSSR count). The fourth-order valence-electron chi connectivity index (χ4n) is 3.43. The molecule has 0 unspecified atom stereocenters. The number of carbonyl (C=O) groups is 2. The van der Waals surface area contributed by atoms with E-state index in [2.05, 4.69) is 9.97 Å². The number of aryl methyl sites for hydroxylation is 2. The van der Waals surface area contributed by atoms with Gasteiger partial charge in [-0.15, -0.1) is 0 Å². The number of hydrogen-bond donors (Lipinski definition) is 1. The summed E-state index contributed by atoms with van der Waals surface area (Å²) in [7, 11) is 0. The second kappa shape index (κ2) is 6.71. The van der Waals surface area contributed by atoms with Crippen LogP contribution in [0.3, 0.4) is 0 Å². The van der Waals surface area contributed by atoms with Crippen molar-refractivity contribution in [1.82, 2.24) is 14.5 Å². The van der Waals surface area contributed by atoms with Crippen LogP contribution in [0, 0.1) is 13.8 Å². The first-order valence-corrected chi connectivity index (χ1v) is 8.55. The minimum atomic E-state index is -0.250. The highest BCUT2D eigenvalue weighted by molar-refractivity contribution is 6.03. The third-order valence-electron chi connectivity index (χ3n) is 4.64. The molecular weight excluding hydrogens is 330 g/mol. The first kappa shape index (κ1) is 17.8. The fraction of sp³-hybridized carbons (Fsp3) is 0.300. The van der Waals surface area contributed by atoms with Crippen LogP contribution in [0.25, 0.3) is 10.9 Å². The molecule has 0 atom stereocenters. The number of para-hydroxylation sites is 1. The Bertz CT molecular complexity index is 1090. The Morgan fingerprint density at radius 1 is 1.23 bits per heavy atom. The Kier molecular flexibility index (Phi) is 4.59. The van der Waals surface area contributed by atoms with Crippen LogP contribution in [0.1, 0.15) is 51.5 Å². The molecule has 0 spiro atoms. The summed E-state index contributed by atoms with van der Waals surface area (Å²) in [4.78, 5) is 44.7.